The van der Waals surface area contributed by atoms with E-state index in [2.05, 4.69) is 48.6 Å². The Kier molecular flexibility index (Phi) is 3.50. The smallest absolute Gasteiger partial charge is 0.193 e. The molecule has 5 rings (SSSR count). The Labute approximate surface area is 157 Å². The van der Waals surface area contributed by atoms with Crippen LogP contribution in [0.15, 0.2) is 83.3 Å². The predicted molar refractivity (Wildman–Crippen MR) is 108 cm³/mol. The molecule has 2 aliphatic rings. The molecule has 1 atom stereocenters. The van der Waals surface area contributed by atoms with E-state index in [1.165, 1.54) is 16.0 Å². The highest BCUT2D eigenvalue weighted by Gasteiger charge is 2.38. The molecular formula is C23H17NOS. The maximum atomic E-state index is 13.3. The van der Waals surface area contributed by atoms with Crippen LogP contribution < -0.4 is 5.32 Å². The molecule has 26 heavy (non-hydrogen) atoms. The third-order valence-corrected chi connectivity index (χ3v) is 6.41. The van der Waals surface area contributed by atoms with Gasteiger partial charge >= 0.3 is 0 Å². The Morgan fingerprint density at radius 2 is 1.54 bits per heavy atom. The lowest BCUT2D eigenvalue weighted by Gasteiger charge is -2.19. The van der Waals surface area contributed by atoms with Gasteiger partial charge in [0.2, 0.25) is 0 Å². The summed E-state index contributed by atoms with van der Waals surface area (Å²) in [5, 5.41) is 3.54. The van der Waals surface area contributed by atoms with Crippen LogP contribution in [0, 0.1) is 6.92 Å². The van der Waals surface area contributed by atoms with Crippen molar-refractivity contribution >= 4 is 28.9 Å². The number of fused-ring (bicyclic) bond motifs is 3. The minimum absolute atomic E-state index is 0.0257. The Morgan fingerprint density at radius 1 is 0.846 bits per heavy atom. The van der Waals surface area contributed by atoms with E-state index >= 15 is 0 Å². The average molecular weight is 355 g/mol. The third kappa shape index (κ3) is 2.24. The number of rotatable bonds is 1. The summed E-state index contributed by atoms with van der Waals surface area (Å²) in [6.07, 6.45) is 0. The van der Waals surface area contributed by atoms with Gasteiger partial charge in [0, 0.05) is 21.6 Å². The molecule has 1 N–H and O–H groups in total. The van der Waals surface area contributed by atoms with Crippen molar-refractivity contribution in [2.24, 2.45) is 0 Å². The Balaban J connectivity index is 1.78. The fourth-order valence-electron chi connectivity index (χ4n) is 3.78. The molecular weight excluding hydrogens is 338 g/mol. The lowest BCUT2D eigenvalue weighted by molar-refractivity contribution is 0.103. The number of thioether (sulfide) groups is 1. The van der Waals surface area contributed by atoms with Gasteiger partial charge in [-0.05, 0) is 30.2 Å². The summed E-state index contributed by atoms with van der Waals surface area (Å²) in [4.78, 5) is 14.5. The topological polar surface area (TPSA) is 29.1 Å². The number of carbonyl (C=O) groups is 1. The monoisotopic (exact) mass is 355 g/mol. The van der Waals surface area contributed by atoms with Crippen LogP contribution in [0.5, 0.6) is 0 Å². The van der Waals surface area contributed by atoms with E-state index in [0.717, 1.165) is 28.1 Å². The third-order valence-electron chi connectivity index (χ3n) is 5.08. The molecule has 1 aliphatic carbocycles. The molecule has 3 heteroatoms. The quantitative estimate of drug-likeness (QED) is 0.592. The first kappa shape index (κ1) is 15.5. The number of nitrogens with one attached hydrogen (secondary N) is 1. The van der Waals surface area contributed by atoms with Crippen molar-refractivity contribution < 1.29 is 4.79 Å². The van der Waals surface area contributed by atoms with Crippen LogP contribution in [-0.2, 0) is 0 Å². The molecule has 126 valence electrons. The number of ketones is 1. The van der Waals surface area contributed by atoms with Gasteiger partial charge < -0.3 is 5.32 Å². The van der Waals surface area contributed by atoms with E-state index in [0.29, 0.717) is 0 Å². The van der Waals surface area contributed by atoms with E-state index in [-0.39, 0.29) is 11.0 Å². The molecule has 1 aliphatic heterocycles. The second-order valence-corrected chi connectivity index (χ2v) is 7.79. The molecule has 2 nitrogen and oxygen atoms in total. The summed E-state index contributed by atoms with van der Waals surface area (Å²) in [7, 11) is 0. The van der Waals surface area contributed by atoms with Crippen LogP contribution >= 0.6 is 11.8 Å². The summed E-state index contributed by atoms with van der Waals surface area (Å²) < 4.78 is 0. The fourth-order valence-corrected chi connectivity index (χ4v) is 5.17. The van der Waals surface area contributed by atoms with Crippen molar-refractivity contribution in [1.29, 1.82) is 0 Å². The first-order chi connectivity index (χ1) is 12.7. The van der Waals surface area contributed by atoms with Crippen molar-refractivity contribution in [3.05, 3.63) is 101 Å². The maximum absolute atomic E-state index is 13.3. The van der Waals surface area contributed by atoms with Crippen molar-refractivity contribution in [3.8, 4) is 0 Å². The summed E-state index contributed by atoms with van der Waals surface area (Å²) in [6.45, 7) is 2.12. The molecule has 3 aromatic rings. The zero-order valence-corrected chi connectivity index (χ0v) is 15.1. The van der Waals surface area contributed by atoms with Crippen molar-refractivity contribution in [3.63, 3.8) is 0 Å². The minimum Gasteiger partial charge on any atom is -0.354 e. The number of hydrogen-bond donors (Lipinski definition) is 1. The first-order valence-electron chi connectivity index (χ1n) is 8.70. The van der Waals surface area contributed by atoms with Gasteiger partial charge in [0.25, 0.3) is 0 Å². The van der Waals surface area contributed by atoms with Gasteiger partial charge in [-0.25, -0.2) is 0 Å². The molecule has 0 radical (unpaired) electrons. The summed E-state index contributed by atoms with van der Waals surface area (Å²) >= 11 is 1.75. The van der Waals surface area contributed by atoms with Crippen LogP contribution in [-0.4, -0.2) is 5.78 Å². The number of carbonyl (C=O) groups excluding carboxylic acids is 1. The molecule has 0 saturated heterocycles. The molecule has 0 spiro atoms. The van der Waals surface area contributed by atoms with Crippen molar-refractivity contribution in [2.45, 2.75) is 17.1 Å². The fraction of sp³-hybridized carbons (Fsp3) is 0.0870. The number of Topliss-reactive ketones (excluding diaryl/α,β-unsaturated/α-hetero) is 1. The second kappa shape index (κ2) is 5.89. The van der Waals surface area contributed by atoms with Crippen LogP contribution in [0.1, 0.15) is 32.3 Å². The van der Waals surface area contributed by atoms with Gasteiger partial charge in [0.1, 0.15) is 0 Å². The molecule has 3 aromatic carbocycles. The molecule has 0 amide bonds. The Hall–Kier alpha value is -2.78. The first-order valence-corrected chi connectivity index (χ1v) is 9.58. The van der Waals surface area contributed by atoms with Gasteiger partial charge in [-0.1, -0.05) is 60.7 Å². The maximum Gasteiger partial charge on any atom is 0.193 e. The van der Waals surface area contributed by atoms with Crippen LogP contribution in [0.4, 0.5) is 5.69 Å². The molecule has 0 unspecified atom stereocenters. The van der Waals surface area contributed by atoms with E-state index in [4.69, 9.17) is 0 Å². The SMILES string of the molecule is Cc1ccccc1[C@@H]1Sc2ccccc2NC2=C1C(=O)c1ccccc12. The summed E-state index contributed by atoms with van der Waals surface area (Å²) in [5.41, 5.74) is 7.08. The van der Waals surface area contributed by atoms with E-state index in [9.17, 15) is 4.79 Å². The van der Waals surface area contributed by atoms with Gasteiger partial charge in [0.05, 0.1) is 16.6 Å². The Morgan fingerprint density at radius 3 is 2.38 bits per heavy atom. The molecule has 0 fully saturated rings. The van der Waals surface area contributed by atoms with Crippen LogP contribution in [0.25, 0.3) is 5.70 Å². The average Bonchev–Trinajstić information content (AvgIpc) is 2.84. The molecule has 1 heterocycles. The molecule has 0 bridgehead atoms. The normalized spacial score (nSPS) is 17.9. The minimum atomic E-state index is -0.0257. The standard InChI is InChI=1S/C23H17NOS/c1-14-8-2-3-9-15(14)23-20-21(16-10-4-5-11-17(16)22(20)25)24-18-12-6-7-13-19(18)26-23/h2-13,23-24H,1H3/t23-/m0/s1. The van der Waals surface area contributed by atoms with Crippen LogP contribution in [0.2, 0.25) is 0 Å². The van der Waals surface area contributed by atoms with Crippen molar-refractivity contribution in [2.75, 3.05) is 5.32 Å². The highest BCUT2D eigenvalue weighted by Crippen LogP contribution is 2.52. The van der Waals surface area contributed by atoms with Gasteiger partial charge in [-0.2, -0.15) is 0 Å². The Bertz CT molecular complexity index is 1080. The number of hydrogen-bond acceptors (Lipinski definition) is 3. The van der Waals surface area contributed by atoms with Gasteiger partial charge in [-0.3, -0.25) is 4.79 Å². The van der Waals surface area contributed by atoms with E-state index in [1.807, 2.05) is 36.4 Å². The zero-order valence-electron chi connectivity index (χ0n) is 14.3. The van der Waals surface area contributed by atoms with Gasteiger partial charge in [0.15, 0.2) is 5.78 Å². The zero-order chi connectivity index (χ0) is 17.7. The lowest BCUT2D eigenvalue weighted by Crippen LogP contribution is -2.08. The predicted octanol–water partition coefficient (Wildman–Crippen LogP) is 5.86. The number of benzene rings is 3. The highest BCUT2D eigenvalue weighted by molar-refractivity contribution is 8.00. The summed E-state index contributed by atoms with van der Waals surface area (Å²) in [6, 6.07) is 24.5. The number of aryl methyl sites for hydroxylation is 1. The summed E-state index contributed by atoms with van der Waals surface area (Å²) in [5.74, 6) is 0.136. The molecule has 0 aromatic heterocycles. The lowest BCUT2D eigenvalue weighted by atomic mass is 9.97. The van der Waals surface area contributed by atoms with Crippen molar-refractivity contribution in [1.82, 2.24) is 0 Å². The van der Waals surface area contributed by atoms with E-state index < -0.39 is 0 Å². The largest absolute Gasteiger partial charge is 0.354 e. The van der Waals surface area contributed by atoms with E-state index in [1.54, 1.807) is 11.8 Å². The van der Waals surface area contributed by atoms with Gasteiger partial charge in [-0.15, -0.1) is 11.8 Å². The number of para-hydroxylation sites is 1. The van der Waals surface area contributed by atoms with Crippen LogP contribution in [0.3, 0.4) is 0 Å². The highest BCUT2D eigenvalue weighted by atomic mass is 32.2. The number of anilines is 1. The molecule has 0 saturated carbocycles. The second-order valence-electron chi connectivity index (χ2n) is 6.64.